The molecule has 1 saturated carbocycles. The van der Waals surface area contributed by atoms with Gasteiger partial charge in [-0.15, -0.1) is 0 Å². The zero-order chi connectivity index (χ0) is 13.1. The minimum Gasteiger partial charge on any atom is -0.480 e. The molecule has 2 fully saturated rings. The van der Waals surface area contributed by atoms with Gasteiger partial charge in [-0.1, -0.05) is 12.8 Å². The number of aliphatic carboxylic acids is 1. The van der Waals surface area contributed by atoms with Crippen LogP contribution < -0.4 is 0 Å². The van der Waals surface area contributed by atoms with Gasteiger partial charge in [0.15, 0.2) is 0 Å². The van der Waals surface area contributed by atoms with Crippen LogP contribution in [0.3, 0.4) is 0 Å². The molecule has 2 amide bonds. The number of amides is 2. The van der Waals surface area contributed by atoms with E-state index in [1.54, 1.807) is 11.9 Å². The van der Waals surface area contributed by atoms with Crippen LogP contribution in [0.2, 0.25) is 0 Å². The molecule has 0 radical (unpaired) electrons. The van der Waals surface area contributed by atoms with Crippen molar-refractivity contribution in [3.05, 3.63) is 0 Å². The third-order valence-corrected chi connectivity index (χ3v) is 4.12. The SMILES string of the molecule is CN(CC1CCCC1)C(=O)N1CCC[C@H]1C(=O)O. The second kappa shape index (κ2) is 5.59. The normalized spacial score (nSPS) is 24.5. The Labute approximate surface area is 108 Å². The molecule has 1 aliphatic carbocycles. The first-order chi connectivity index (χ1) is 8.59. The molecule has 0 aromatic carbocycles. The van der Waals surface area contributed by atoms with Crippen LogP contribution in [0, 0.1) is 5.92 Å². The van der Waals surface area contributed by atoms with Gasteiger partial charge < -0.3 is 14.9 Å². The summed E-state index contributed by atoms with van der Waals surface area (Å²) in [5.74, 6) is -0.278. The van der Waals surface area contributed by atoms with Crippen molar-refractivity contribution in [3.8, 4) is 0 Å². The van der Waals surface area contributed by atoms with E-state index >= 15 is 0 Å². The van der Waals surface area contributed by atoms with Gasteiger partial charge in [-0.05, 0) is 31.6 Å². The Bertz CT molecular complexity index is 326. The zero-order valence-electron chi connectivity index (χ0n) is 11.0. The minimum atomic E-state index is -0.880. The molecular formula is C13H22N2O3. The first kappa shape index (κ1) is 13.2. The first-order valence-electron chi connectivity index (χ1n) is 6.84. The average Bonchev–Trinajstić information content (AvgIpc) is 2.97. The monoisotopic (exact) mass is 254 g/mol. The highest BCUT2D eigenvalue weighted by Crippen LogP contribution is 2.26. The lowest BCUT2D eigenvalue weighted by atomic mass is 10.1. The van der Waals surface area contributed by atoms with Gasteiger partial charge in [-0.25, -0.2) is 9.59 Å². The highest BCUT2D eigenvalue weighted by molar-refractivity contribution is 5.83. The molecule has 1 atom stereocenters. The summed E-state index contributed by atoms with van der Waals surface area (Å²) < 4.78 is 0. The Morgan fingerprint density at radius 2 is 1.89 bits per heavy atom. The molecule has 0 unspecified atom stereocenters. The third-order valence-electron chi connectivity index (χ3n) is 4.12. The summed E-state index contributed by atoms with van der Waals surface area (Å²) in [6.45, 7) is 1.34. The van der Waals surface area contributed by atoms with Gasteiger partial charge >= 0.3 is 12.0 Å². The highest BCUT2D eigenvalue weighted by atomic mass is 16.4. The summed E-state index contributed by atoms with van der Waals surface area (Å²) in [7, 11) is 1.79. The summed E-state index contributed by atoms with van der Waals surface area (Å²) in [6.07, 6.45) is 6.28. The number of carbonyl (C=O) groups is 2. The molecule has 5 heteroatoms. The number of hydrogen-bond acceptors (Lipinski definition) is 2. The number of carboxylic acids is 1. The maximum atomic E-state index is 12.2. The van der Waals surface area contributed by atoms with Gasteiger partial charge in [0, 0.05) is 20.1 Å². The van der Waals surface area contributed by atoms with Gasteiger partial charge in [0.1, 0.15) is 6.04 Å². The quantitative estimate of drug-likeness (QED) is 0.835. The van der Waals surface area contributed by atoms with Crippen molar-refractivity contribution >= 4 is 12.0 Å². The van der Waals surface area contributed by atoms with Gasteiger partial charge in [-0.2, -0.15) is 0 Å². The molecular weight excluding hydrogens is 232 g/mol. The molecule has 0 spiro atoms. The van der Waals surface area contributed by atoms with Crippen molar-refractivity contribution in [3.63, 3.8) is 0 Å². The number of carbonyl (C=O) groups excluding carboxylic acids is 1. The Morgan fingerprint density at radius 3 is 2.50 bits per heavy atom. The minimum absolute atomic E-state index is 0.119. The predicted molar refractivity (Wildman–Crippen MR) is 67.3 cm³/mol. The molecule has 2 rings (SSSR count). The smallest absolute Gasteiger partial charge is 0.326 e. The Morgan fingerprint density at radius 1 is 1.22 bits per heavy atom. The molecule has 18 heavy (non-hydrogen) atoms. The number of carboxylic acid groups (broad SMARTS) is 1. The largest absolute Gasteiger partial charge is 0.480 e. The lowest BCUT2D eigenvalue weighted by Crippen LogP contribution is -2.47. The van der Waals surface area contributed by atoms with Crippen molar-refractivity contribution in [1.82, 2.24) is 9.80 Å². The summed E-state index contributed by atoms with van der Waals surface area (Å²) in [6, 6.07) is -0.740. The average molecular weight is 254 g/mol. The van der Waals surface area contributed by atoms with E-state index in [9.17, 15) is 9.59 Å². The molecule has 1 saturated heterocycles. The predicted octanol–water partition coefficient (Wildman–Crippen LogP) is 1.78. The molecule has 0 aromatic heterocycles. The van der Waals surface area contributed by atoms with Crippen LogP contribution in [0.4, 0.5) is 4.79 Å². The highest BCUT2D eigenvalue weighted by Gasteiger charge is 2.35. The summed E-state index contributed by atoms with van der Waals surface area (Å²) in [5.41, 5.74) is 0. The van der Waals surface area contributed by atoms with Crippen molar-refractivity contribution in [1.29, 1.82) is 0 Å². The van der Waals surface area contributed by atoms with Crippen LogP contribution >= 0.6 is 0 Å². The fourth-order valence-corrected chi connectivity index (χ4v) is 3.13. The first-order valence-corrected chi connectivity index (χ1v) is 6.84. The van der Waals surface area contributed by atoms with Crippen LogP contribution in [-0.4, -0.2) is 53.1 Å². The molecule has 0 aromatic rings. The fraction of sp³-hybridized carbons (Fsp3) is 0.846. The van der Waals surface area contributed by atoms with Crippen molar-refractivity contribution in [2.75, 3.05) is 20.1 Å². The number of hydrogen-bond donors (Lipinski definition) is 1. The summed E-state index contributed by atoms with van der Waals surface area (Å²) in [4.78, 5) is 26.5. The van der Waals surface area contributed by atoms with E-state index in [4.69, 9.17) is 5.11 Å². The van der Waals surface area contributed by atoms with Crippen LogP contribution in [0.15, 0.2) is 0 Å². The van der Waals surface area contributed by atoms with Gasteiger partial charge in [0.2, 0.25) is 0 Å². The molecule has 1 heterocycles. The van der Waals surface area contributed by atoms with Crippen molar-refractivity contribution in [2.45, 2.75) is 44.6 Å². The molecule has 1 N–H and O–H groups in total. The van der Waals surface area contributed by atoms with Crippen LogP contribution in [0.5, 0.6) is 0 Å². The molecule has 2 aliphatic rings. The zero-order valence-corrected chi connectivity index (χ0v) is 11.0. The van der Waals surface area contributed by atoms with Gasteiger partial charge in [-0.3, -0.25) is 0 Å². The Balaban J connectivity index is 1.90. The Hall–Kier alpha value is -1.26. The molecule has 1 aliphatic heterocycles. The second-order valence-corrected chi connectivity index (χ2v) is 5.50. The number of rotatable bonds is 3. The molecule has 102 valence electrons. The number of urea groups is 1. The van der Waals surface area contributed by atoms with Gasteiger partial charge in [0.25, 0.3) is 0 Å². The van der Waals surface area contributed by atoms with Crippen LogP contribution in [-0.2, 0) is 4.79 Å². The third kappa shape index (κ3) is 2.76. The Kier molecular flexibility index (Phi) is 4.09. The summed E-state index contributed by atoms with van der Waals surface area (Å²) in [5, 5.41) is 9.09. The van der Waals surface area contributed by atoms with E-state index in [0.717, 1.165) is 13.0 Å². The number of nitrogens with zero attached hydrogens (tertiary/aromatic N) is 2. The number of likely N-dealkylation sites (tertiary alicyclic amines) is 1. The van der Waals surface area contributed by atoms with E-state index in [1.165, 1.54) is 30.6 Å². The van der Waals surface area contributed by atoms with Crippen LogP contribution in [0.1, 0.15) is 38.5 Å². The van der Waals surface area contributed by atoms with E-state index in [0.29, 0.717) is 18.9 Å². The maximum Gasteiger partial charge on any atom is 0.326 e. The fourth-order valence-electron chi connectivity index (χ4n) is 3.13. The molecule has 0 bridgehead atoms. The van der Waals surface area contributed by atoms with Crippen LogP contribution in [0.25, 0.3) is 0 Å². The van der Waals surface area contributed by atoms with Gasteiger partial charge in [0.05, 0.1) is 0 Å². The lowest BCUT2D eigenvalue weighted by molar-refractivity contribution is -0.141. The maximum absolute atomic E-state index is 12.2. The lowest BCUT2D eigenvalue weighted by Gasteiger charge is -2.29. The van der Waals surface area contributed by atoms with E-state index in [2.05, 4.69) is 0 Å². The van der Waals surface area contributed by atoms with Crippen molar-refractivity contribution < 1.29 is 14.7 Å². The van der Waals surface area contributed by atoms with E-state index in [1.807, 2.05) is 0 Å². The topological polar surface area (TPSA) is 60.9 Å². The standard InChI is InChI=1S/C13H22N2O3/c1-14(9-10-5-2-3-6-10)13(18)15-8-4-7-11(15)12(16)17/h10-11H,2-9H2,1H3,(H,16,17)/t11-/m0/s1. The van der Waals surface area contributed by atoms with Crippen molar-refractivity contribution in [2.24, 2.45) is 5.92 Å². The van der Waals surface area contributed by atoms with E-state index < -0.39 is 12.0 Å². The molecule has 5 nitrogen and oxygen atoms in total. The van der Waals surface area contributed by atoms with E-state index in [-0.39, 0.29) is 6.03 Å². The second-order valence-electron chi connectivity index (χ2n) is 5.50. The summed E-state index contributed by atoms with van der Waals surface area (Å²) >= 11 is 0.